The molecule has 0 radical (unpaired) electrons. The zero-order valence-electron chi connectivity index (χ0n) is 29.4. The van der Waals surface area contributed by atoms with Gasteiger partial charge in [-0.1, -0.05) is 36.4 Å². The highest BCUT2D eigenvalue weighted by Gasteiger charge is 2.20. The number of hydrogen-bond donors (Lipinski definition) is 0. The number of nitrogens with zero attached hydrogens (tertiary/aromatic N) is 4. The lowest BCUT2D eigenvalue weighted by Crippen LogP contribution is -2.47. The van der Waals surface area contributed by atoms with Crippen LogP contribution in [0.3, 0.4) is 0 Å². The molecule has 10 heteroatoms. The van der Waals surface area contributed by atoms with E-state index in [1.165, 1.54) is 11.1 Å². The van der Waals surface area contributed by atoms with Gasteiger partial charge in [0.25, 0.3) is 0 Å². The van der Waals surface area contributed by atoms with Crippen molar-refractivity contribution in [2.75, 3.05) is 39.4 Å². The first-order chi connectivity index (χ1) is 24.9. The third-order valence-corrected chi connectivity index (χ3v) is 9.34. The van der Waals surface area contributed by atoms with Crippen LogP contribution < -0.4 is 18.9 Å². The van der Waals surface area contributed by atoms with Crippen LogP contribution in [0.2, 0.25) is 0 Å². The van der Waals surface area contributed by atoms with Crippen molar-refractivity contribution in [3.05, 3.63) is 129 Å². The van der Waals surface area contributed by atoms with E-state index >= 15 is 0 Å². The lowest BCUT2D eigenvalue weighted by molar-refractivity contribution is -0.127. The number of carbonyl (C=O) groups excluding carboxylic acids is 1. The molecule has 3 aromatic carbocycles. The van der Waals surface area contributed by atoms with Gasteiger partial charge in [-0.2, -0.15) is 0 Å². The molecule has 9 nitrogen and oxygen atoms in total. The van der Waals surface area contributed by atoms with Gasteiger partial charge in [0.1, 0.15) is 18.1 Å². The number of thiazole rings is 1. The number of benzene rings is 3. The molecular weight excluding hydrogens is 661 g/mol. The molecule has 5 aromatic rings. The monoisotopic (exact) mass is 704 g/mol. The molecule has 6 rings (SSSR count). The van der Waals surface area contributed by atoms with Gasteiger partial charge in [0.05, 0.1) is 29.8 Å². The van der Waals surface area contributed by atoms with Gasteiger partial charge in [-0.05, 0) is 85.0 Å². The summed E-state index contributed by atoms with van der Waals surface area (Å²) < 4.78 is 23.5. The van der Waals surface area contributed by atoms with E-state index in [-0.39, 0.29) is 5.91 Å². The molecule has 264 valence electrons. The van der Waals surface area contributed by atoms with Crippen LogP contribution in [0.1, 0.15) is 39.6 Å². The molecule has 0 spiro atoms. The van der Waals surface area contributed by atoms with E-state index in [2.05, 4.69) is 39.1 Å². The molecule has 1 fully saturated rings. The van der Waals surface area contributed by atoms with Crippen molar-refractivity contribution in [3.63, 3.8) is 0 Å². The maximum Gasteiger partial charge on any atom is 0.246 e. The van der Waals surface area contributed by atoms with E-state index in [1.54, 1.807) is 41.4 Å². The quantitative estimate of drug-likeness (QED) is 0.102. The number of amides is 1. The van der Waals surface area contributed by atoms with Crippen molar-refractivity contribution in [2.45, 2.75) is 40.3 Å². The van der Waals surface area contributed by atoms with Gasteiger partial charge < -0.3 is 23.8 Å². The van der Waals surface area contributed by atoms with Crippen LogP contribution in [-0.2, 0) is 24.4 Å². The van der Waals surface area contributed by atoms with Gasteiger partial charge in [0, 0.05) is 57.5 Å². The normalized spacial score (nSPS) is 13.4. The largest absolute Gasteiger partial charge is 0.490 e. The Morgan fingerprint density at radius 2 is 1.59 bits per heavy atom. The van der Waals surface area contributed by atoms with Gasteiger partial charge in [0.15, 0.2) is 11.5 Å². The fraction of sp³-hybridized carbons (Fsp3) is 0.293. The second-order valence-corrected chi connectivity index (χ2v) is 13.4. The van der Waals surface area contributed by atoms with Gasteiger partial charge >= 0.3 is 0 Å². The van der Waals surface area contributed by atoms with E-state index in [1.807, 2.05) is 74.2 Å². The number of rotatable bonds is 15. The van der Waals surface area contributed by atoms with E-state index in [0.29, 0.717) is 44.5 Å². The molecule has 0 N–H and O–H groups in total. The lowest BCUT2D eigenvalue weighted by Gasteiger charge is -2.34. The summed E-state index contributed by atoms with van der Waals surface area (Å²) in [6.07, 6.45) is 7.84. The SMILES string of the molecule is CCOc1ccccc1OCCc1ccc(CN2CCN(C(=O)/C=C/c3cc(C)c(Oc4ccc(OCc5cncs5)cn4)c(C)c3)CC2)cc1. The van der Waals surface area contributed by atoms with E-state index in [0.717, 1.165) is 64.9 Å². The first kappa shape index (κ1) is 35.6. The number of ether oxygens (including phenoxy) is 4. The minimum Gasteiger partial charge on any atom is -0.490 e. The highest BCUT2D eigenvalue weighted by Crippen LogP contribution is 2.30. The predicted molar refractivity (Wildman–Crippen MR) is 201 cm³/mol. The molecule has 1 amide bonds. The second kappa shape index (κ2) is 17.6. The number of aryl methyl sites for hydroxylation is 2. The van der Waals surface area contributed by atoms with E-state index < -0.39 is 0 Å². The molecule has 0 bridgehead atoms. The topological polar surface area (TPSA) is 86.3 Å². The summed E-state index contributed by atoms with van der Waals surface area (Å²) in [7, 11) is 0. The summed E-state index contributed by atoms with van der Waals surface area (Å²) in [5.41, 5.74) is 7.17. The van der Waals surface area contributed by atoms with Gasteiger partial charge in [-0.15, -0.1) is 11.3 Å². The molecule has 0 saturated carbocycles. The molecule has 0 unspecified atom stereocenters. The van der Waals surface area contributed by atoms with Crippen LogP contribution >= 0.6 is 11.3 Å². The highest BCUT2D eigenvalue weighted by molar-refractivity contribution is 7.09. The summed E-state index contributed by atoms with van der Waals surface area (Å²) in [6, 6.07) is 24.2. The summed E-state index contributed by atoms with van der Waals surface area (Å²) in [5.74, 6) is 3.50. The highest BCUT2D eigenvalue weighted by atomic mass is 32.1. The van der Waals surface area contributed by atoms with Crippen LogP contribution in [0.15, 0.2) is 96.8 Å². The summed E-state index contributed by atoms with van der Waals surface area (Å²) >= 11 is 1.55. The average molecular weight is 705 g/mol. The number of piperazine rings is 1. The molecule has 1 aliphatic heterocycles. The van der Waals surface area contributed by atoms with Crippen LogP contribution in [0.5, 0.6) is 28.9 Å². The second-order valence-electron chi connectivity index (χ2n) is 12.4. The predicted octanol–water partition coefficient (Wildman–Crippen LogP) is 7.90. The Balaban J connectivity index is 0.930. The van der Waals surface area contributed by atoms with Crippen LogP contribution in [0.25, 0.3) is 6.08 Å². The fourth-order valence-corrected chi connectivity index (χ4v) is 6.42. The number of para-hydroxylation sites is 2. The maximum atomic E-state index is 13.1. The lowest BCUT2D eigenvalue weighted by atomic mass is 10.1. The number of aromatic nitrogens is 2. The molecule has 3 heterocycles. The minimum atomic E-state index is 0.0302. The Labute approximate surface area is 304 Å². The van der Waals surface area contributed by atoms with Gasteiger partial charge in [-0.3, -0.25) is 14.7 Å². The summed E-state index contributed by atoms with van der Waals surface area (Å²) in [6.45, 7) is 11.6. The Morgan fingerprint density at radius 1 is 0.863 bits per heavy atom. The Morgan fingerprint density at radius 3 is 2.25 bits per heavy atom. The van der Waals surface area contributed by atoms with Crippen molar-refractivity contribution in [1.82, 2.24) is 19.8 Å². The smallest absolute Gasteiger partial charge is 0.246 e. The summed E-state index contributed by atoms with van der Waals surface area (Å²) in [5, 5.41) is 0. The van der Waals surface area contributed by atoms with Gasteiger partial charge in [0.2, 0.25) is 11.8 Å². The molecule has 0 atom stereocenters. The zero-order valence-corrected chi connectivity index (χ0v) is 30.2. The van der Waals surface area contributed by atoms with Crippen LogP contribution in [0, 0.1) is 13.8 Å². The number of carbonyl (C=O) groups is 1. The van der Waals surface area contributed by atoms with Crippen molar-refractivity contribution in [2.24, 2.45) is 0 Å². The van der Waals surface area contributed by atoms with Crippen molar-refractivity contribution >= 4 is 23.3 Å². The van der Waals surface area contributed by atoms with Crippen LogP contribution in [-0.4, -0.2) is 65.1 Å². The van der Waals surface area contributed by atoms with E-state index in [4.69, 9.17) is 18.9 Å². The minimum absolute atomic E-state index is 0.0302. The first-order valence-corrected chi connectivity index (χ1v) is 18.2. The molecule has 1 saturated heterocycles. The Bertz CT molecular complexity index is 1860. The fourth-order valence-electron chi connectivity index (χ4n) is 5.92. The molecule has 0 aliphatic carbocycles. The van der Waals surface area contributed by atoms with Crippen molar-refractivity contribution < 1.29 is 23.7 Å². The Kier molecular flexibility index (Phi) is 12.3. The number of hydrogen-bond acceptors (Lipinski definition) is 9. The first-order valence-electron chi connectivity index (χ1n) is 17.3. The molecule has 51 heavy (non-hydrogen) atoms. The van der Waals surface area contributed by atoms with E-state index in [9.17, 15) is 4.79 Å². The Hall–Kier alpha value is -5.19. The number of pyridine rings is 1. The van der Waals surface area contributed by atoms with Crippen molar-refractivity contribution in [3.8, 4) is 28.9 Å². The summed E-state index contributed by atoms with van der Waals surface area (Å²) in [4.78, 5) is 26.9. The standard InChI is InChI=1S/C41H44N4O5S/c1-4-47-37-7-5-6-8-38(37)48-22-17-32-9-11-33(12-10-32)27-44-18-20-45(21-19-44)40(46)16-13-34-23-30(2)41(31(3)24-34)50-39-15-14-35(25-43-39)49-28-36-26-42-29-51-36/h5-16,23-26,29H,4,17-22,27-28H2,1-3H3/b16-13+. The molecule has 2 aromatic heterocycles. The third-order valence-electron chi connectivity index (χ3n) is 8.59. The zero-order chi connectivity index (χ0) is 35.4. The average Bonchev–Trinajstić information content (AvgIpc) is 3.68. The maximum absolute atomic E-state index is 13.1. The molecular formula is C41H44N4O5S. The third kappa shape index (κ3) is 10.2. The van der Waals surface area contributed by atoms with Gasteiger partial charge in [-0.25, -0.2) is 4.98 Å². The van der Waals surface area contributed by atoms with Crippen molar-refractivity contribution in [1.29, 1.82) is 0 Å². The van der Waals surface area contributed by atoms with Crippen LogP contribution in [0.4, 0.5) is 0 Å². The molecule has 1 aliphatic rings.